The molecule has 0 radical (unpaired) electrons. The molecule has 0 fully saturated rings. The van der Waals surface area contributed by atoms with E-state index in [1.54, 1.807) is 19.2 Å². The molecule has 172 valence electrons. The molecule has 4 rings (SSSR count). The molecule has 1 heterocycles. The van der Waals surface area contributed by atoms with Crippen molar-refractivity contribution in [2.45, 2.75) is 32.9 Å². The molecule has 0 amide bonds. The van der Waals surface area contributed by atoms with Crippen LogP contribution in [0.1, 0.15) is 52.5 Å². The predicted molar refractivity (Wildman–Crippen MR) is 132 cm³/mol. The predicted octanol–water partition coefficient (Wildman–Crippen LogP) is 5.90. The first-order chi connectivity index (χ1) is 16.2. The Bertz CT molecular complexity index is 1090. The second kappa shape index (κ2) is 11.9. The zero-order chi connectivity index (χ0) is 23.6. The van der Waals surface area contributed by atoms with Crippen LogP contribution >= 0.6 is 0 Å². The van der Waals surface area contributed by atoms with Crippen molar-refractivity contribution in [2.24, 2.45) is 0 Å². The first kappa shape index (κ1) is 24.1. The number of carbonyl (C=O) groups is 1. The molecule has 0 bridgehead atoms. The Labute approximate surface area is 195 Å². The van der Waals surface area contributed by atoms with Gasteiger partial charge in [0, 0.05) is 6.54 Å². The second-order valence-electron chi connectivity index (χ2n) is 7.41. The molecule has 5 nitrogen and oxygen atoms in total. The van der Waals surface area contributed by atoms with E-state index in [1.807, 2.05) is 74.5 Å². The average Bonchev–Trinajstić information content (AvgIpc) is 2.87. The monoisotopic (exact) mass is 445 g/mol. The number of carboxylic acids is 1. The molecule has 33 heavy (non-hydrogen) atoms. The van der Waals surface area contributed by atoms with Crippen molar-refractivity contribution < 1.29 is 19.4 Å². The zero-order valence-electron chi connectivity index (χ0n) is 19.4. The minimum absolute atomic E-state index is 0.0392. The van der Waals surface area contributed by atoms with Gasteiger partial charge in [0.2, 0.25) is 0 Å². The van der Waals surface area contributed by atoms with Gasteiger partial charge in [-0.25, -0.2) is 4.79 Å². The number of hydrogen-bond acceptors (Lipinski definition) is 4. The molecule has 2 N–H and O–H groups in total. The van der Waals surface area contributed by atoms with E-state index in [-0.39, 0.29) is 11.6 Å². The SMILES string of the molecule is CC.COc1cc2c(cc1OCc1ccccc1)CCNC2/C=C/c1ccccc1C(=O)O. The van der Waals surface area contributed by atoms with Crippen LogP contribution in [0.4, 0.5) is 0 Å². The van der Waals surface area contributed by atoms with Crippen LogP contribution in [0.2, 0.25) is 0 Å². The highest BCUT2D eigenvalue weighted by atomic mass is 16.5. The maximum absolute atomic E-state index is 11.5. The summed E-state index contributed by atoms with van der Waals surface area (Å²) in [5, 5.41) is 12.9. The van der Waals surface area contributed by atoms with E-state index in [4.69, 9.17) is 9.47 Å². The van der Waals surface area contributed by atoms with Gasteiger partial charge in [-0.05, 0) is 46.9 Å². The third-order valence-corrected chi connectivity index (χ3v) is 5.42. The van der Waals surface area contributed by atoms with Crippen molar-refractivity contribution in [1.29, 1.82) is 0 Å². The summed E-state index contributed by atoms with van der Waals surface area (Å²) in [6, 6.07) is 21.1. The van der Waals surface area contributed by atoms with Gasteiger partial charge in [-0.15, -0.1) is 0 Å². The summed E-state index contributed by atoms with van der Waals surface area (Å²) >= 11 is 0. The van der Waals surface area contributed by atoms with Crippen LogP contribution in [-0.2, 0) is 13.0 Å². The maximum atomic E-state index is 11.5. The Balaban J connectivity index is 0.00000149. The van der Waals surface area contributed by atoms with Crippen LogP contribution in [-0.4, -0.2) is 24.7 Å². The van der Waals surface area contributed by atoms with Gasteiger partial charge in [0.15, 0.2) is 11.5 Å². The number of nitrogens with one attached hydrogen (secondary N) is 1. The van der Waals surface area contributed by atoms with E-state index in [1.165, 1.54) is 5.56 Å². The summed E-state index contributed by atoms with van der Waals surface area (Å²) < 4.78 is 11.7. The molecule has 1 unspecified atom stereocenters. The average molecular weight is 446 g/mol. The molecule has 0 aromatic heterocycles. The quantitative estimate of drug-likeness (QED) is 0.474. The number of fused-ring (bicyclic) bond motifs is 1. The number of rotatable bonds is 7. The summed E-state index contributed by atoms with van der Waals surface area (Å²) in [6.45, 7) is 5.30. The van der Waals surface area contributed by atoms with E-state index in [9.17, 15) is 9.90 Å². The molecule has 3 aromatic carbocycles. The summed E-state index contributed by atoms with van der Waals surface area (Å²) in [5.74, 6) is 0.479. The lowest BCUT2D eigenvalue weighted by Crippen LogP contribution is -2.28. The summed E-state index contributed by atoms with van der Waals surface area (Å²) in [4.78, 5) is 11.5. The highest BCUT2D eigenvalue weighted by Gasteiger charge is 2.21. The van der Waals surface area contributed by atoms with Crippen molar-refractivity contribution in [1.82, 2.24) is 5.32 Å². The summed E-state index contributed by atoms with van der Waals surface area (Å²) in [7, 11) is 1.64. The van der Waals surface area contributed by atoms with Crippen LogP contribution in [0.25, 0.3) is 6.08 Å². The van der Waals surface area contributed by atoms with Crippen LogP contribution in [0.15, 0.2) is 72.8 Å². The summed E-state index contributed by atoms with van der Waals surface area (Å²) in [5.41, 5.74) is 4.38. The van der Waals surface area contributed by atoms with Gasteiger partial charge >= 0.3 is 5.97 Å². The third-order valence-electron chi connectivity index (χ3n) is 5.42. The normalized spacial score (nSPS) is 14.7. The number of hydrogen-bond donors (Lipinski definition) is 2. The van der Waals surface area contributed by atoms with Crippen molar-refractivity contribution >= 4 is 12.0 Å². The van der Waals surface area contributed by atoms with Crippen molar-refractivity contribution in [2.75, 3.05) is 13.7 Å². The van der Waals surface area contributed by atoms with Gasteiger partial charge in [0.05, 0.1) is 18.7 Å². The molecule has 0 spiro atoms. The Kier molecular flexibility index (Phi) is 8.67. The largest absolute Gasteiger partial charge is 0.493 e. The molecule has 1 atom stereocenters. The van der Waals surface area contributed by atoms with Gasteiger partial charge in [0.1, 0.15) is 6.61 Å². The van der Waals surface area contributed by atoms with E-state index in [0.717, 1.165) is 29.8 Å². The standard InChI is InChI=1S/C26H25NO4.C2H6/c1-30-24-16-22-20(15-25(24)31-17-18-7-3-2-4-8-18)13-14-27-23(22)12-11-19-9-5-6-10-21(19)26(28)29;1-2/h2-12,15-16,23,27H,13-14,17H2,1H3,(H,28,29);1-2H3/b12-11+;. The third kappa shape index (κ3) is 6.02. The van der Waals surface area contributed by atoms with Crippen molar-refractivity contribution in [3.63, 3.8) is 0 Å². The fourth-order valence-electron chi connectivity index (χ4n) is 3.81. The van der Waals surface area contributed by atoms with Crippen LogP contribution < -0.4 is 14.8 Å². The van der Waals surface area contributed by atoms with Crippen LogP contribution in [0.3, 0.4) is 0 Å². The molecule has 1 aliphatic rings. The highest BCUT2D eigenvalue weighted by molar-refractivity contribution is 5.92. The number of methoxy groups -OCH3 is 1. The van der Waals surface area contributed by atoms with Gasteiger partial charge < -0.3 is 19.9 Å². The molecule has 0 saturated carbocycles. The molecule has 0 aliphatic carbocycles. The van der Waals surface area contributed by atoms with Gasteiger partial charge in [-0.3, -0.25) is 0 Å². The van der Waals surface area contributed by atoms with E-state index >= 15 is 0 Å². The molecule has 5 heteroatoms. The Morgan fingerprint density at radius 1 is 1.06 bits per heavy atom. The zero-order valence-corrected chi connectivity index (χ0v) is 19.4. The minimum Gasteiger partial charge on any atom is -0.493 e. The second-order valence-corrected chi connectivity index (χ2v) is 7.41. The molecular formula is C28H31NO4. The van der Waals surface area contributed by atoms with Crippen molar-refractivity contribution in [3.8, 4) is 11.5 Å². The number of benzene rings is 3. The Morgan fingerprint density at radius 3 is 2.52 bits per heavy atom. The molecule has 3 aromatic rings. The first-order valence-electron chi connectivity index (χ1n) is 11.3. The molecule has 1 aliphatic heterocycles. The smallest absolute Gasteiger partial charge is 0.336 e. The number of ether oxygens (including phenoxy) is 2. The first-order valence-corrected chi connectivity index (χ1v) is 11.3. The lowest BCUT2D eigenvalue weighted by Gasteiger charge is -2.26. The van der Waals surface area contributed by atoms with E-state index in [2.05, 4.69) is 11.4 Å². The van der Waals surface area contributed by atoms with Crippen LogP contribution in [0.5, 0.6) is 11.5 Å². The highest BCUT2D eigenvalue weighted by Crippen LogP contribution is 2.36. The fourth-order valence-corrected chi connectivity index (χ4v) is 3.81. The fraction of sp³-hybridized carbons (Fsp3) is 0.250. The molecular weight excluding hydrogens is 414 g/mol. The van der Waals surface area contributed by atoms with Crippen LogP contribution in [0, 0.1) is 0 Å². The maximum Gasteiger partial charge on any atom is 0.336 e. The van der Waals surface area contributed by atoms with Gasteiger partial charge in [-0.2, -0.15) is 0 Å². The lowest BCUT2D eigenvalue weighted by molar-refractivity contribution is 0.0696. The molecule has 0 saturated heterocycles. The van der Waals surface area contributed by atoms with E-state index < -0.39 is 5.97 Å². The lowest BCUT2D eigenvalue weighted by atomic mass is 9.92. The number of aromatic carboxylic acids is 1. The van der Waals surface area contributed by atoms with Gasteiger partial charge in [0.25, 0.3) is 0 Å². The summed E-state index contributed by atoms with van der Waals surface area (Å²) in [6.07, 6.45) is 4.75. The van der Waals surface area contributed by atoms with Gasteiger partial charge in [-0.1, -0.05) is 74.5 Å². The topological polar surface area (TPSA) is 67.8 Å². The van der Waals surface area contributed by atoms with Crippen molar-refractivity contribution in [3.05, 3.63) is 101 Å². The number of carboxylic acid groups (broad SMARTS) is 1. The Hall–Kier alpha value is -3.57. The Morgan fingerprint density at radius 2 is 1.79 bits per heavy atom. The minimum atomic E-state index is -0.931. The van der Waals surface area contributed by atoms with E-state index in [0.29, 0.717) is 17.9 Å².